The van der Waals surface area contributed by atoms with E-state index in [0.29, 0.717) is 17.3 Å². The summed E-state index contributed by atoms with van der Waals surface area (Å²) >= 11 is 1.41. The molecule has 0 amide bonds. The van der Waals surface area contributed by atoms with E-state index in [2.05, 4.69) is 4.98 Å². The zero-order chi connectivity index (χ0) is 15.1. The largest absolute Gasteiger partial charge is 0.493 e. The summed E-state index contributed by atoms with van der Waals surface area (Å²) in [6.45, 7) is 0.487. The number of nitrogens with zero attached hydrogens (tertiary/aromatic N) is 1. The van der Waals surface area contributed by atoms with Gasteiger partial charge in [-0.2, -0.15) is 0 Å². The van der Waals surface area contributed by atoms with Crippen LogP contribution in [0.1, 0.15) is 22.3 Å². The van der Waals surface area contributed by atoms with Gasteiger partial charge in [-0.25, -0.2) is 4.79 Å². The highest BCUT2D eigenvalue weighted by molar-refractivity contribution is 7.98. The van der Waals surface area contributed by atoms with Crippen molar-refractivity contribution in [3.63, 3.8) is 0 Å². The average molecular weight is 303 g/mol. The number of rotatable bonds is 7. The second-order valence-corrected chi connectivity index (χ2v) is 5.29. The normalized spacial score (nSPS) is 10.3. The highest BCUT2D eigenvalue weighted by Crippen LogP contribution is 2.29. The minimum Gasteiger partial charge on any atom is -0.493 e. The Morgan fingerprint density at radius 3 is 2.71 bits per heavy atom. The third-order valence-electron chi connectivity index (χ3n) is 3.04. The monoisotopic (exact) mass is 303 g/mol. The van der Waals surface area contributed by atoms with Gasteiger partial charge in [0, 0.05) is 17.3 Å². The fourth-order valence-corrected chi connectivity index (χ4v) is 2.63. The molecule has 0 spiro atoms. The minimum atomic E-state index is -0.955. The number of hydrogen-bond donors (Lipinski definition) is 1. The van der Waals surface area contributed by atoms with E-state index in [1.54, 1.807) is 24.5 Å². The van der Waals surface area contributed by atoms with Crippen molar-refractivity contribution in [2.24, 2.45) is 0 Å². The van der Waals surface area contributed by atoms with Crippen LogP contribution in [-0.2, 0) is 6.42 Å². The Morgan fingerprint density at radius 2 is 2.05 bits per heavy atom. The first-order valence-electron chi connectivity index (χ1n) is 6.64. The highest BCUT2D eigenvalue weighted by Gasteiger charge is 2.15. The van der Waals surface area contributed by atoms with Crippen LogP contribution >= 0.6 is 11.8 Å². The second kappa shape index (κ2) is 7.69. The molecule has 2 rings (SSSR count). The van der Waals surface area contributed by atoms with Gasteiger partial charge in [0.15, 0.2) is 0 Å². The van der Waals surface area contributed by atoms with Crippen molar-refractivity contribution >= 4 is 17.7 Å². The first-order valence-corrected chi connectivity index (χ1v) is 7.87. The predicted octanol–water partition coefficient (Wildman–Crippen LogP) is 3.51. The van der Waals surface area contributed by atoms with E-state index in [1.165, 1.54) is 17.3 Å². The smallest absolute Gasteiger partial charge is 0.340 e. The molecule has 5 heteroatoms. The quantitative estimate of drug-likeness (QED) is 0.626. The van der Waals surface area contributed by atoms with Crippen molar-refractivity contribution < 1.29 is 14.6 Å². The topological polar surface area (TPSA) is 59.4 Å². The Hall–Kier alpha value is -2.01. The molecule has 1 N–H and O–H groups in total. The summed E-state index contributed by atoms with van der Waals surface area (Å²) in [6.07, 6.45) is 7.09. The number of aromatic nitrogens is 1. The number of pyridine rings is 1. The Morgan fingerprint density at radius 1 is 1.29 bits per heavy atom. The maximum Gasteiger partial charge on any atom is 0.340 e. The van der Waals surface area contributed by atoms with Gasteiger partial charge in [-0.15, -0.1) is 11.8 Å². The molecule has 0 radical (unpaired) electrons. The molecule has 0 aliphatic heterocycles. The lowest BCUT2D eigenvalue weighted by molar-refractivity contribution is 0.0688. The molecule has 0 saturated carbocycles. The fraction of sp³-hybridized carbons (Fsp3) is 0.250. The molecule has 1 heterocycles. The van der Waals surface area contributed by atoms with Gasteiger partial charge in [-0.3, -0.25) is 4.98 Å². The highest BCUT2D eigenvalue weighted by atomic mass is 32.2. The van der Waals surface area contributed by atoms with Gasteiger partial charge >= 0.3 is 5.97 Å². The van der Waals surface area contributed by atoms with Crippen LogP contribution in [0.5, 0.6) is 5.75 Å². The number of benzene rings is 1. The zero-order valence-electron chi connectivity index (χ0n) is 11.8. The van der Waals surface area contributed by atoms with E-state index in [9.17, 15) is 9.90 Å². The van der Waals surface area contributed by atoms with Crippen LogP contribution < -0.4 is 4.74 Å². The van der Waals surface area contributed by atoms with Gasteiger partial charge in [0.1, 0.15) is 11.3 Å². The second-order valence-electron chi connectivity index (χ2n) is 4.45. The summed E-state index contributed by atoms with van der Waals surface area (Å²) in [5, 5.41) is 9.31. The molecule has 0 aliphatic rings. The van der Waals surface area contributed by atoms with Gasteiger partial charge in [-0.1, -0.05) is 6.07 Å². The predicted molar refractivity (Wildman–Crippen MR) is 83.2 cm³/mol. The molecule has 0 atom stereocenters. The Kier molecular flexibility index (Phi) is 5.63. The Labute approximate surface area is 128 Å². The van der Waals surface area contributed by atoms with Gasteiger partial charge in [0.25, 0.3) is 0 Å². The van der Waals surface area contributed by atoms with Crippen LogP contribution in [0.4, 0.5) is 0 Å². The summed E-state index contributed by atoms with van der Waals surface area (Å²) in [6, 6.07) is 9.25. The van der Waals surface area contributed by atoms with Crippen molar-refractivity contribution in [1.29, 1.82) is 0 Å². The number of carboxylic acid groups (broad SMARTS) is 1. The van der Waals surface area contributed by atoms with Gasteiger partial charge in [-0.05, 0) is 48.9 Å². The molecule has 0 bridgehead atoms. The number of carbonyl (C=O) groups is 1. The van der Waals surface area contributed by atoms with Crippen molar-refractivity contribution in [3.8, 4) is 5.75 Å². The fourth-order valence-electron chi connectivity index (χ4n) is 2.02. The van der Waals surface area contributed by atoms with Gasteiger partial charge < -0.3 is 9.84 Å². The molecule has 0 saturated heterocycles. The van der Waals surface area contributed by atoms with E-state index in [-0.39, 0.29) is 5.56 Å². The third kappa shape index (κ3) is 4.23. The van der Waals surface area contributed by atoms with Crippen molar-refractivity contribution in [2.45, 2.75) is 17.7 Å². The van der Waals surface area contributed by atoms with Crippen molar-refractivity contribution in [2.75, 3.05) is 12.9 Å². The molecule has 0 aliphatic carbocycles. The molecule has 21 heavy (non-hydrogen) atoms. The molecular weight excluding hydrogens is 286 g/mol. The number of carboxylic acids is 1. The van der Waals surface area contributed by atoms with E-state index >= 15 is 0 Å². The maximum atomic E-state index is 11.4. The van der Waals surface area contributed by atoms with E-state index in [1.807, 2.05) is 24.5 Å². The van der Waals surface area contributed by atoms with E-state index in [4.69, 9.17) is 4.74 Å². The van der Waals surface area contributed by atoms with Crippen molar-refractivity contribution in [3.05, 3.63) is 53.9 Å². The number of ether oxygens (including phenoxy) is 1. The van der Waals surface area contributed by atoms with Gasteiger partial charge in [0.2, 0.25) is 0 Å². The van der Waals surface area contributed by atoms with Crippen LogP contribution in [0.15, 0.2) is 47.6 Å². The maximum absolute atomic E-state index is 11.4. The van der Waals surface area contributed by atoms with Crippen LogP contribution in [-0.4, -0.2) is 28.9 Å². The molecule has 1 aromatic heterocycles. The van der Waals surface area contributed by atoms with Crippen LogP contribution in [0, 0.1) is 0 Å². The number of thioether (sulfide) groups is 1. The molecule has 0 unspecified atom stereocenters. The van der Waals surface area contributed by atoms with Gasteiger partial charge in [0.05, 0.1) is 6.61 Å². The van der Waals surface area contributed by atoms with Crippen LogP contribution in [0.25, 0.3) is 0 Å². The SMILES string of the molecule is CSc1cccc(OCCCc2ccncc2)c1C(=O)O. The van der Waals surface area contributed by atoms with Crippen LogP contribution in [0.3, 0.4) is 0 Å². The summed E-state index contributed by atoms with van der Waals surface area (Å²) in [7, 11) is 0. The molecule has 110 valence electrons. The lowest BCUT2D eigenvalue weighted by Crippen LogP contribution is -2.06. The molecule has 0 fully saturated rings. The molecule has 2 aromatic rings. The Bertz CT molecular complexity index is 602. The number of aryl methyl sites for hydroxylation is 1. The van der Waals surface area contributed by atoms with Crippen molar-refractivity contribution in [1.82, 2.24) is 4.98 Å². The third-order valence-corrected chi connectivity index (χ3v) is 3.82. The Balaban J connectivity index is 1.95. The standard InChI is InChI=1S/C16H17NO3S/c1-21-14-6-2-5-13(15(14)16(18)19)20-11-3-4-12-7-9-17-10-8-12/h2,5-10H,3-4,11H2,1H3,(H,18,19). The summed E-state index contributed by atoms with van der Waals surface area (Å²) in [5.74, 6) is -0.520. The number of hydrogen-bond acceptors (Lipinski definition) is 4. The number of aromatic carboxylic acids is 1. The molecule has 1 aromatic carbocycles. The average Bonchev–Trinajstić information content (AvgIpc) is 2.52. The lowest BCUT2D eigenvalue weighted by Gasteiger charge is -2.11. The van der Waals surface area contributed by atoms with Crippen LogP contribution in [0.2, 0.25) is 0 Å². The summed E-state index contributed by atoms with van der Waals surface area (Å²) < 4.78 is 5.65. The van der Waals surface area contributed by atoms with E-state index < -0.39 is 5.97 Å². The summed E-state index contributed by atoms with van der Waals surface area (Å²) in [5.41, 5.74) is 1.44. The minimum absolute atomic E-state index is 0.244. The molecule has 4 nitrogen and oxygen atoms in total. The first kappa shape index (κ1) is 15.4. The first-order chi connectivity index (χ1) is 10.2. The summed E-state index contributed by atoms with van der Waals surface area (Å²) in [4.78, 5) is 16.0. The lowest BCUT2D eigenvalue weighted by atomic mass is 10.1. The molecular formula is C16H17NO3S. The zero-order valence-corrected chi connectivity index (χ0v) is 12.6. The van der Waals surface area contributed by atoms with E-state index in [0.717, 1.165) is 12.8 Å².